The number of ether oxygens (including phenoxy) is 4. The van der Waals surface area contributed by atoms with E-state index >= 15 is 0 Å². The smallest absolute Gasteiger partial charge is 0.344 e. The van der Waals surface area contributed by atoms with Crippen molar-refractivity contribution in [1.82, 2.24) is 0 Å². The van der Waals surface area contributed by atoms with Gasteiger partial charge in [-0.2, -0.15) is 0 Å². The van der Waals surface area contributed by atoms with Crippen LogP contribution >= 0.6 is 0 Å². The lowest BCUT2D eigenvalue weighted by Crippen LogP contribution is -2.22. The molecule has 1 N–H and O–H groups in total. The van der Waals surface area contributed by atoms with Crippen LogP contribution in [0, 0.1) is 0 Å². The number of carbonyl (C=O) groups excluding carboxylic acids is 1. The zero-order valence-corrected chi connectivity index (χ0v) is 15.0. The molecule has 2 aromatic carbocycles. The van der Waals surface area contributed by atoms with Crippen LogP contribution in [0.3, 0.4) is 0 Å². The first kappa shape index (κ1) is 18.3. The zero-order valence-electron chi connectivity index (χ0n) is 15.0. The fourth-order valence-electron chi connectivity index (χ4n) is 2.59. The Morgan fingerprint density at radius 3 is 2.52 bits per heavy atom. The Morgan fingerprint density at radius 2 is 1.85 bits per heavy atom. The van der Waals surface area contributed by atoms with Crippen molar-refractivity contribution in [3.05, 3.63) is 53.3 Å². The van der Waals surface area contributed by atoms with E-state index in [0.717, 1.165) is 0 Å². The number of carbonyl (C=O) groups is 2. The van der Waals surface area contributed by atoms with E-state index in [1.54, 1.807) is 43.5 Å². The largest absolute Gasteiger partial charge is 0.493 e. The van der Waals surface area contributed by atoms with Crippen LogP contribution in [0.4, 0.5) is 0 Å². The molecule has 1 heterocycles. The molecule has 0 spiro atoms. The predicted octanol–water partition coefficient (Wildman–Crippen LogP) is 3.17. The molecular formula is C20H18O7. The van der Waals surface area contributed by atoms with Gasteiger partial charge >= 0.3 is 5.97 Å². The highest BCUT2D eigenvalue weighted by atomic mass is 16.5. The fraction of sp³-hybridized carbons (Fsp3) is 0.200. The van der Waals surface area contributed by atoms with Gasteiger partial charge in [-0.15, -0.1) is 0 Å². The summed E-state index contributed by atoms with van der Waals surface area (Å²) in [6.07, 6.45) is 0.590. The standard InChI is InChI=1S/C20H18O7/c1-11(20(22)23)26-13-5-6-14-16(10-13)27-18(19(14)21)9-12-4-7-15(24-2)17(8-12)25-3/h4-11H,1-3H3,(H,22,23)/b18-9-/t11-/m0/s1. The van der Waals surface area contributed by atoms with Gasteiger partial charge < -0.3 is 24.1 Å². The van der Waals surface area contributed by atoms with Gasteiger partial charge in [0.1, 0.15) is 11.5 Å². The monoisotopic (exact) mass is 370 g/mol. The number of benzene rings is 2. The quantitative estimate of drug-likeness (QED) is 0.781. The highest BCUT2D eigenvalue weighted by Gasteiger charge is 2.28. The second kappa shape index (κ2) is 7.41. The molecule has 2 aromatic rings. The Kier molecular flexibility index (Phi) is 5.03. The molecule has 3 rings (SSSR count). The minimum atomic E-state index is -1.08. The molecule has 1 atom stereocenters. The second-order valence-corrected chi connectivity index (χ2v) is 5.81. The van der Waals surface area contributed by atoms with E-state index in [2.05, 4.69) is 0 Å². The minimum Gasteiger partial charge on any atom is -0.493 e. The van der Waals surface area contributed by atoms with Gasteiger partial charge in [0.25, 0.3) is 0 Å². The number of carboxylic acids is 1. The number of hydrogen-bond acceptors (Lipinski definition) is 6. The number of carboxylic acid groups (broad SMARTS) is 1. The Balaban J connectivity index is 1.86. The molecule has 0 aromatic heterocycles. The van der Waals surface area contributed by atoms with Crippen molar-refractivity contribution in [2.45, 2.75) is 13.0 Å². The molecule has 0 radical (unpaired) electrons. The highest BCUT2D eigenvalue weighted by Crippen LogP contribution is 2.36. The van der Waals surface area contributed by atoms with E-state index in [-0.39, 0.29) is 11.5 Å². The second-order valence-electron chi connectivity index (χ2n) is 5.81. The molecule has 0 unspecified atom stereocenters. The van der Waals surface area contributed by atoms with E-state index in [1.165, 1.54) is 20.1 Å². The lowest BCUT2D eigenvalue weighted by Gasteiger charge is -2.10. The summed E-state index contributed by atoms with van der Waals surface area (Å²) in [5.74, 6) is 0.550. The molecule has 7 nitrogen and oxygen atoms in total. The maximum absolute atomic E-state index is 12.5. The van der Waals surface area contributed by atoms with Gasteiger partial charge in [-0.3, -0.25) is 4.79 Å². The van der Waals surface area contributed by atoms with Crippen LogP contribution in [0.25, 0.3) is 6.08 Å². The predicted molar refractivity (Wildman–Crippen MR) is 96.6 cm³/mol. The SMILES string of the molecule is COc1ccc(/C=C2\Oc3cc(O[C@@H](C)C(=O)O)ccc3C2=O)cc1OC. The zero-order chi connectivity index (χ0) is 19.6. The van der Waals surface area contributed by atoms with E-state index in [1.807, 2.05) is 0 Å². The first-order valence-electron chi connectivity index (χ1n) is 8.12. The van der Waals surface area contributed by atoms with E-state index in [0.29, 0.717) is 34.1 Å². The third-order valence-corrected chi connectivity index (χ3v) is 4.01. The molecule has 0 fully saturated rings. The van der Waals surface area contributed by atoms with E-state index in [4.69, 9.17) is 24.1 Å². The van der Waals surface area contributed by atoms with Gasteiger partial charge in [0.05, 0.1) is 19.8 Å². The first-order valence-corrected chi connectivity index (χ1v) is 8.12. The molecule has 0 bridgehead atoms. The van der Waals surface area contributed by atoms with Crippen molar-refractivity contribution in [2.24, 2.45) is 0 Å². The summed E-state index contributed by atoms with van der Waals surface area (Å²) >= 11 is 0. The summed E-state index contributed by atoms with van der Waals surface area (Å²) in [6, 6.07) is 9.83. The Morgan fingerprint density at radius 1 is 1.11 bits per heavy atom. The lowest BCUT2D eigenvalue weighted by molar-refractivity contribution is -0.144. The Bertz CT molecular complexity index is 930. The molecule has 0 amide bonds. The van der Waals surface area contributed by atoms with Gasteiger partial charge in [-0.1, -0.05) is 6.07 Å². The van der Waals surface area contributed by atoms with Crippen LogP contribution in [0.1, 0.15) is 22.8 Å². The summed E-state index contributed by atoms with van der Waals surface area (Å²) in [4.78, 5) is 23.4. The highest BCUT2D eigenvalue weighted by molar-refractivity contribution is 6.14. The summed E-state index contributed by atoms with van der Waals surface area (Å²) in [5.41, 5.74) is 1.09. The number of allylic oxidation sites excluding steroid dienone is 1. The third-order valence-electron chi connectivity index (χ3n) is 4.01. The van der Waals surface area contributed by atoms with Crippen molar-refractivity contribution in [2.75, 3.05) is 14.2 Å². The summed E-state index contributed by atoms with van der Waals surface area (Å²) in [7, 11) is 3.07. The fourth-order valence-corrected chi connectivity index (χ4v) is 2.59. The van der Waals surface area contributed by atoms with Crippen molar-refractivity contribution < 1.29 is 33.6 Å². The van der Waals surface area contributed by atoms with Crippen molar-refractivity contribution >= 4 is 17.8 Å². The minimum absolute atomic E-state index is 0.153. The molecule has 0 aliphatic carbocycles. The van der Waals surface area contributed by atoms with Crippen molar-refractivity contribution in [3.8, 4) is 23.0 Å². The van der Waals surface area contributed by atoms with Gasteiger partial charge in [0.2, 0.25) is 5.78 Å². The third kappa shape index (κ3) is 3.72. The number of ketones is 1. The van der Waals surface area contributed by atoms with Gasteiger partial charge in [-0.05, 0) is 42.8 Å². The Labute approximate surface area is 155 Å². The summed E-state index contributed by atoms with van der Waals surface area (Å²) < 4.78 is 21.4. The number of Topliss-reactive ketones (excluding diaryl/α,β-unsaturated/α-hetero) is 1. The van der Waals surface area contributed by atoms with Crippen molar-refractivity contribution in [1.29, 1.82) is 0 Å². The lowest BCUT2D eigenvalue weighted by atomic mass is 10.1. The summed E-state index contributed by atoms with van der Waals surface area (Å²) in [5, 5.41) is 8.93. The maximum Gasteiger partial charge on any atom is 0.344 e. The number of fused-ring (bicyclic) bond motifs is 1. The molecule has 0 saturated heterocycles. The Hall–Kier alpha value is -3.48. The first-order chi connectivity index (χ1) is 12.9. The number of rotatable bonds is 6. The van der Waals surface area contributed by atoms with Crippen LogP contribution in [0.5, 0.6) is 23.0 Å². The van der Waals surface area contributed by atoms with E-state index in [9.17, 15) is 9.59 Å². The average Bonchev–Trinajstić information content (AvgIpc) is 2.96. The van der Waals surface area contributed by atoms with Crippen LogP contribution in [-0.2, 0) is 4.79 Å². The number of hydrogen-bond donors (Lipinski definition) is 1. The normalized spacial score (nSPS) is 15.1. The molecule has 140 valence electrons. The molecule has 1 aliphatic heterocycles. The van der Waals surface area contributed by atoms with Gasteiger partial charge in [0.15, 0.2) is 23.4 Å². The van der Waals surface area contributed by atoms with Crippen LogP contribution in [0.15, 0.2) is 42.2 Å². The van der Waals surface area contributed by atoms with E-state index < -0.39 is 12.1 Å². The topological polar surface area (TPSA) is 91.3 Å². The number of aliphatic carboxylic acids is 1. The van der Waals surface area contributed by atoms with Crippen LogP contribution in [0.2, 0.25) is 0 Å². The summed E-state index contributed by atoms with van der Waals surface area (Å²) in [6.45, 7) is 1.42. The maximum atomic E-state index is 12.5. The molecule has 27 heavy (non-hydrogen) atoms. The van der Waals surface area contributed by atoms with Crippen molar-refractivity contribution in [3.63, 3.8) is 0 Å². The molecule has 1 aliphatic rings. The number of methoxy groups -OCH3 is 2. The van der Waals surface area contributed by atoms with Gasteiger partial charge in [-0.25, -0.2) is 4.79 Å². The van der Waals surface area contributed by atoms with Crippen LogP contribution < -0.4 is 18.9 Å². The van der Waals surface area contributed by atoms with Gasteiger partial charge in [0, 0.05) is 6.07 Å². The molecular weight excluding hydrogens is 352 g/mol. The van der Waals surface area contributed by atoms with Crippen LogP contribution in [-0.4, -0.2) is 37.2 Å². The average molecular weight is 370 g/mol. The molecule has 7 heteroatoms. The molecule has 0 saturated carbocycles.